The number of hydrogen-bond acceptors (Lipinski definition) is 3. The normalized spacial score (nSPS) is 9.94. The second-order valence-electron chi connectivity index (χ2n) is 3.79. The van der Waals surface area contributed by atoms with Crippen LogP contribution in [0.15, 0.2) is 18.2 Å². The van der Waals surface area contributed by atoms with Crippen LogP contribution in [0.2, 0.25) is 0 Å². The van der Waals surface area contributed by atoms with Gasteiger partial charge in [0.15, 0.2) is 0 Å². The molecular formula is C12H18N2O2. The van der Waals surface area contributed by atoms with Crippen LogP contribution >= 0.6 is 0 Å². The summed E-state index contributed by atoms with van der Waals surface area (Å²) < 4.78 is 5.59. The van der Waals surface area contributed by atoms with E-state index in [9.17, 15) is 4.79 Å². The van der Waals surface area contributed by atoms with Crippen molar-refractivity contribution in [1.29, 1.82) is 0 Å². The van der Waals surface area contributed by atoms with E-state index in [-0.39, 0.29) is 5.91 Å². The van der Waals surface area contributed by atoms with Crippen molar-refractivity contribution in [2.45, 2.75) is 26.7 Å². The van der Waals surface area contributed by atoms with Crippen LogP contribution in [0.25, 0.3) is 0 Å². The zero-order chi connectivity index (χ0) is 12.0. The summed E-state index contributed by atoms with van der Waals surface area (Å²) in [6.45, 7) is 4.55. The summed E-state index contributed by atoms with van der Waals surface area (Å²) in [7, 11) is 0. The van der Waals surface area contributed by atoms with Gasteiger partial charge in [-0.2, -0.15) is 0 Å². The summed E-state index contributed by atoms with van der Waals surface area (Å²) in [6.07, 6.45) is 1.05. The first-order chi connectivity index (χ1) is 7.63. The van der Waals surface area contributed by atoms with Gasteiger partial charge < -0.3 is 4.74 Å². The van der Waals surface area contributed by atoms with Crippen LogP contribution in [0.5, 0.6) is 5.75 Å². The predicted octanol–water partition coefficient (Wildman–Crippen LogP) is 1.45. The molecule has 0 aliphatic heterocycles. The first-order valence-electron chi connectivity index (χ1n) is 5.33. The van der Waals surface area contributed by atoms with Crippen LogP contribution in [0.1, 0.15) is 24.0 Å². The molecule has 4 nitrogen and oxygen atoms in total. The van der Waals surface area contributed by atoms with Crippen molar-refractivity contribution < 1.29 is 9.53 Å². The number of hydrazine groups is 1. The third kappa shape index (κ3) is 3.90. The molecule has 4 heteroatoms. The third-order valence-corrected chi connectivity index (χ3v) is 2.31. The fraction of sp³-hybridized carbons (Fsp3) is 0.417. The molecule has 0 spiro atoms. The Kier molecular flexibility index (Phi) is 4.79. The number of amides is 1. The maximum absolute atomic E-state index is 10.9. The number of carbonyl (C=O) groups excluding carboxylic acids is 1. The number of nitrogens with two attached hydrogens (primary N) is 1. The van der Waals surface area contributed by atoms with Crippen LogP contribution in [-0.2, 0) is 4.79 Å². The molecule has 0 bridgehead atoms. The van der Waals surface area contributed by atoms with Crippen molar-refractivity contribution in [3.8, 4) is 5.75 Å². The molecule has 0 heterocycles. The van der Waals surface area contributed by atoms with E-state index in [4.69, 9.17) is 10.6 Å². The maximum atomic E-state index is 10.9. The summed E-state index contributed by atoms with van der Waals surface area (Å²) in [5.41, 5.74) is 4.36. The van der Waals surface area contributed by atoms with Crippen LogP contribution in [0, 0.1) is 13.8 Å². The monoisotopic (exact) mass is 222 g/mol. The van der Waals surface area contributed by atoms with Gasteiger partial charge >= 0.3 is 0 Å². The summed E-state index contributed by atoms with van der Waals surface area (Å²) >= 11 is 0. The molecule has 1 aromatic carbocycles. The van der Waals surface area contributed by atoms with Crippen molar-refractivity contribution in [1.82, 2.24) is 5.43 Å². The minimum Gasteiger partial charge on any atom is -0.493 e. The van der Waals surface area contributed by atoms with Crippen molar-refractivity contribution in [2.75, 3.05) is 6.61 Å². The Morgan fingerprint density at radius 1 is 1.44 bits per heavy atom. The molecule has 0 saturated heterocycles. The molecule has 0 aliphatic rings. The molecule has 1 amide bonds. The Bertz CT molecular complexity index is 364. The lowest BCUT2D eigenvalue weighted by Crippen LogP contribution is -2.29. The largest absolute Gasteiger partial charge is 0.493 e. The molecule has 88 valence electrons. The van der Waals surface area contributed by atoms with Gasteiger partial charge in [0.2, 0.25) is 5.91 Å². The third-order valence-electron chi connectivity index (χ3n) is 2.31. The standard InChI is InChI=1S/C12H18N2O2/c1-9-5-6-10(2)11(8-9)16-7-3-4-12(15)14-13/h5-6,8H,3-4,7,13H2,1-2H3,(H,14,15). The zero-order valence-corrected chi connectivity index (χ0v) is 9.75. The fourth-order valence-corrected chi connectivity index (χ4v) is 1.35. The Labute approximate surface area is 95.8 Å². The SMILES string of the molecule is Cc1ccc(C)c(OCCCC(=O)NN)c1. The molecule has 16 heavy (non-hydrogen) atoms. The molecule has 0 aliphatic carbocycles. The van der Waals surface area contributed by atoms with Gasteiger partial charge in [-0.15, -0.1) is 0 Å². The van der Waals surface area contributed by atoms with Crippen LogP contribution in [0.4, 0.5) is 0 Å². The highest BCUT2D eigenvalue weighted by atomic mass is 16.5. The van der Waals surface area contributed by atoms with E-state index in [1.807, 2.05) is 32.0 Å². The molecule has 0 fully saturated rings. The summed E-state index contributed by atoms with van der Waals surface area (Å²) in [4.78, 5) is 10.9. The first kappa shape index (κ1) is 12.5. The Balaban J connectivity index is 2.37. The number of benzene rings is 1. The molecule has 3 N–H and O–H groups in total. The number of hydrogen-bond donors (Lipinski definition) is 2. The molecular weight excluding hydrogens is 204 g/mol. The van der Waals surface area contributed by atoms with Crippen molar-refractivity contribution in [3.05, 3.63) is 29.3 Å². The van der Waals surface area contributed by atoms with Gasteiger partial charge in [0, 0.05) is 6.42 Å². The molecule has 0 unspecified atom stereocenters. The van der Waals surface area contributed by atoms with Gasteiger partial charge in [-0.3, -0.25) is 10.2 Å². The minimum atomic E-state index is -0.162. The van der Waals surface area contributed by atoms with Gasteiger partial charge in [0.05, 0.1) is 6.61 Å². The molecule has 0 radical (unpaired) electrons. The quantitative estimate of drug-likeness (QED) is 0.343. The van der Waals surface area contributed by atoms with Gasteiger partial charge in [0.25, 0.3) is 0 Å². The molecule has 1 aromatic rings. The molecule has 0 saturated carbocycles. The first-order valence-corrected chi connectivity index (χ1v) is 5.33. The predicted molar refractivity (Wildman–Crippen MR) is 63.0 cm³/mol. The number of carbonyl (C=O) groups is 1. The van der Waals surface area contributed by atoms with Crippen molar-refractivity contribution >= 4 is 5.91 Å². The maximum Gasteiger partial charge on any atom is 0.234 e. The molecule has 0 atom stereocenters. The topological polar surface area (TPSA) is 64.3 Å². The van der Waals surface area contributed by atoms with E-state index < -0.39 is 0 Å². The van der Waals surface area contributed by atoms with Crippen LogP contribution in [0.3, 0.4) is 0 Å². The summed E-state index contributed by atoms with van der Waals surface area (Å²) in [6, 6.07) is 6.07. The number of ether oxygens (including phenoxy) is 1. The van der Waals surface area contributed by atoms with E-state index in [1.165, 1.54) is 5.56 Å². The highest BCUT2D eigenvalue weighted by molar-refractivity contribution is 5.75. The van der Waals surface area contributed by atoms with E-state index in [0.29, 0.717) is 19.4 Å². The second-order valence-corrected chi connectivity index (χ2v) is 3.79. The lowest BCUT2D eigenvalue weighted by Gasteiger charge is -2.09. The van der Waals surface area contributed by atoms with Crippen LogP contribution in [-0.4, -0.2) is 12.5 Å². The average Bonchev–Trinajstić information content (AvgIpc) is 2.28. The fourth-order valence-electron chi connectivity index (χ4n) is 1.35. The Morgan fingerprint density at radius 2 is 2.19 bits per heavy atom. The summed E-state index contributed by atoms with van der Waals surface area (Å²) in [5.74, 6) is 5.69. The van der Waals surface area contributed by atoms with Crippen molar-refractivity contribution in [2.24, 2.45) is 5.84 Å². The Morgan fingerprint density at radius 3 is 2.88 bits per heavy atom. The number of aryl methyl sites for hydroxylation is 2. The van der Waals surface area contributed by atoms with Crippen molar-refractivity contribution in [3.63, 3.8) is 0 Å². The zero-order valence-electron chi connectivity index (χ0n) is 9.75. The van der Waals surface area contributed by atoms with E-state index in [1.54, 1.807) is 0 Å². The Hall–Kier alpha value is -1.55. The lowest BCUT2D eigenvalue weighted by atomic mass is 10.1. The van der Waals surface area contributed by atoms with Crippen LogP contribution < -0.4 is 16.0 Å². The number of nitrogens with one attached hydrogen (secondary N) is 1. The summed E-state index contributed by atoms with van der Waals surface area (Å²) in [5, 5.41) is 0. The van der Waals surface area contributed by atoms with Gasteiger partial charge in [-0.1, -0.05) is 12.1 Å². The highest BCUT2D eigenvalue weighted by Gasteiger charge is 2.01. The second kappa shape index (κ2) is 6.12. The average molecular weight is 222 g/mol. The minimum absolute atomic E-state index is 0.162. The smallest absolute Gasteiger partial charge is 0.234 e. The van der Waals surface area contributed by atoms with E-state index in [0.717, 1.165) is 11.3 Å². The van der Waals surface area contributed by atoms with Gasteiger partial charge in [-0.05, 0) is 37.5 Å². The number of rotatable bonds is 5. The van der Waals surface area contributed by atoms with Gasteiger partial charge in [0.1, 0.15) is 5.75 Å². The molecule has 0 aromatic heterocycles. The van der Waals surface area contributed by atoms with E-state index >= 15 is 0 Å². The lowest BCUT2D eigenvalue weighted by molar-refractivity contribution is -0.121. The van der Waals surface area contributed by atoms with Gasteiger partial charge in [-0.25, -0.2) is 5.84 Å². The highest BCUT2D eigenvalue weighted by Crippen LogP contribution is 2.19. The molecule has 1 rings (SSSR count). The van der Waals surface area contributed by atoms with E-state index in [2.05, 4.69) is 5.43 Å².